The highest BCUT2D eigenvalue weighted by atomic mass is 32.2. The van der Waals surface area contributed by atoms with Gasteiger partial charge in [0.2, 0.25) is 11.9 Å². The fourth-order valence-electron chi connectivity index (χ4n) is 2.91. The molecule has 1 saturated heterocycles. The van der Waals surface area contributed by atoms with Gasteiger partial charge in [0.15, 0.2) is 5.16 Å². The summed E-state index contributed by atoms with van der Waals surface area (Å²) in [6, 6.07) is 4.86. The lowest BCUT2D eigenvalue weighted by atomic mass is 10.2. The summed E-state index contributed by atoms with van der Waals surface area (Å²) in [6.07, 6.45) is -4.46. The highest BCUT2D eigenvalue weighted by Gasteiger charge is 2.33. The molecule has 1 aromatic heterocycles. The van der Waals surface area contributed by atoms with E-state index in [4.69, 9.17) is 14.2 Å². The standard InChI is InChI=1S/C18H22F3N5O4S/c1-28-13-7-12(8-14(9-13)29-2)22-15(27)10-31-17-24-23-16(25-3-5-30-6-4-25)26(17)11-18(19,20)21/h7-9H,3-6,10-11H2,1-2H3,(H,22,27). The van der Waals surface area contributed by atoms with Crippen LogP contribution in [0, 0.1) is 0 Å². The topological polar surface area (TPSA) is 90.7 Å². The predicted molar refractivity (Wildman–Crippen MR) is 108 cm³/mol. The molecule has 0 saturated carbocycles. The number of carbonyl (C=O) groups excluding carboxylic acids is 1. The minimum Gasteiger partial charge on any atom is -0.497 e. The number of rotatable bonds is 8. The summed E-state index contributed by atoms with van der Waals surface area (Å²) in [5.41, 5.74) is 0.438. The van der Waals surface area contributed by atoms with Gasteiger partial charge >= 0.3 is 6.18 Å². The number of benzene rings is 1. The molecule has 31 heavy (non-hydrogen) atoms. The summed E-state index contributed by atoms with van der Waals surface area (Å²) in [7, 11) is 2.96. The van der Waals surface area contributed by atoms with E-state index in [2.05, 4.69) is 15.5 Å². The third kappa shape index (κ3) is 6.40. The van der Waals surface area contributed by atoms with Gasteiger partial charge in [-0.15, -0.1) is 10.2 Å². The van der Waals surface area contributed by atoms with Gasteiger partial charge in [-0.2, -0.15) is 13.2 Å². The second kappa shape index (κ2) is 10.1. The predicted octanol–water partition coefficient (Wildman–Crippen LogP) is 2.42. The number of nitrogens with one attached hydrogen (secondary N) is 1. The van der Waals surface area contributed by atoms with Crippen LogP contribution < -0.4 is 19.7 Å². The molecule has 0 aliphatic carbocycles. The number of alkyl halides is 3. The molecule has 1 aromatic carbocycles. The summed E-state index contributed by atoms with van der Waals surface area (Å²) in [4.78, 5) is 14.1. The van der Waals surface area contributed by atoms with E-state index in [1.807, 2.05) is 0 Å². The molecule has 0 spiro atoms. The molecule has 1 N–H and O–H groups in total. The van der Waals surface area contributed by atoms with Crippen LogP contribution in [0.4, 0.5) is 24.8 Å². The van der Waals surface area contributed by atoms with E-state index in [1.54, 1.807) is 23.1 Å². The van der Waals surface area contributed by atoms with Crippen molar-refractivity contribution in [2.24, 2.45) is 0 Å². The molecular formula is C18H22F3N5O4S. The van der Waals surface area contributed by atoms with Gasteiger partial charge < -0.3 is 24.4 Å². The van der Waals surface area contributed by atoms with Gasteiger partial charge in [-0.05, 0) is 0 Å². The van der Waals surface area contributed by atoms with Gasteiger partial charge in [-0.3, -0.25) is 9.36 Å². The SMILES string of the molecule is COc1cc(NC(=O)CSc2nnc(N3CCOCC3)n2CC(F)(F)F)cc(OC)c1. The van der Waals surface area contributed by atoms with Crippen LogP contribution in [0.25, 0.3) is 0 Å². The number of nitrogens with zero attached hydrogens (tertiary/aromatic N) is 4. The van der Waals surface area contributed by atoms with Gasteiger partial charge in [-0.1, -0.05) is 11.8 Å². The number of ether oxygens (including phenoxy) is 3. The molecular weight excluding hydrogens is 439 g/mol. The molecule has 0 atom stereocenters. The number of thioether (sulfide) groups is 1. The largest absolute Gasteiger partial charge is 0.497 e. The lowest BCUT2D eigenvalue weighted by Gasteiger charge is -2.28. The Labute approximate surface area is 180 Å². The Morgan fingerprint density at radius 3 is 2.39 bits per heavy atom. The number of morpholine rings is 1. The highest BCUT2D eigenvalue weighted by Crippen LogP contribution is 2.29. The van der Waals surface area contributed by atoms with Crippen molar-refractivity contribution in [2.75, 3.05) is 56.5 Å². The second-order valence-electron chi connectivity index (χ2n) is 6.52. The molecule has 9 nitrogen and oxygen atoms in total. The van der Waals surface area contributed by atoms with Crippen molar-refractivity contribution in [3.8, 4) is 11.5 Å². The summed E-state index contributed by atoms with van der Waals surface area (Å²) in [5, 5.41) is 10.5. The molecule has 0 unspecified atom stereocenters. The van der Waals surface area contributed by atoms with Crippen molar-refractivity contribution >= 4 is 29.3 Å². The van der Waals surface area contributed by atoms with Crippen LogP contribution in [0.3, 0.4) is 0 Å². The van der Waals surface area contributed by atoms with Crippen LogP contribution in [0.1, 0.15) is 0 Å². The first-order valence-corrected chi connectivity index (χ1v) is 10.3. The van der Waals surface area contributed by atoms with E-state index in [-0.39, 0.29) is 16.9 Å². The number of anilines is 2. The number of methoxy groups -OCH3 is 2. The van der Waals surface area contributed by atoms with E-state index in [0.29, 0.717) is 43.5 Å². The molecule has 1 amide bonds. The fraction of sp³-hybridized carbons (Fsp3) is 0.500. The first-order chi connectivity index (χ1) is 14.8. The number of hydrogen-bond acceptors (Lipinski definition) is 8. The number of amides is 1. The number of hydrogen-bond donors (Lipinski definition) is 1. The Hall–Kier alpha value is -2.67. The Morgan fingerprint density at radius 2 is 1.81 bits per heavy atom. The number of carbonyl (C=O) groups is 1. The lowest BCUT2D eigenvalue weighted by Crippen LogP contribution is -2.38. The summed E-state index contributed by atoms with van der Waals surface area (Å²) in [6.45, 7) is 0.378. The van der Waals surface area contributed by atoms with Crippen molar-refractivity contribution in [2.45, 2.75) is 17.9 Å². The first kappa shape index (κ1) is 23.0. The molecule has 2 aromatic rings. The summed E-state index contributed by atoms with van der Waals surface area (Å²) >= 11 is 0.877. The monoisotopic (exact) mass is 461 g/mol. The molecule has 2 heterocycles. The molecule has 13 heteroatoms. The lowest BCUT2D eigenvalue weighted by molar-refractivity contribution is -0.141. The normalized spacial score (nSPS) is 14.4. The zero-order chi connectivity index (χ0) is 22.4. The minimum absolute atomic E-state index is 0.0113. The van der Waals surface area contributed by atoms with E-state index in [9.17, 15) is 18.0 Å². The Kier molecular flexibility index (Phi) is 7.49. The first-order valence-electron chi connectivity index (χ1n) is 9.27. The van der Waals surface area contributed by atoms with Crippen molar-refractivity contribution in [1.82, 2.24) is 14.8 Å². The maximum atomic E-state index is 13.1. The van der Waals surface area contributed by atoms with E-state index in [1.165, 1.54) is 14.2 Å². The maximum Gasteiger partial charge on any atom is 0.406 e. The van der Waals surface area contributed by atoms with E-state index < -0.39 is 18.6 Å². The highest BCUT2D eigenvalue weighted by molar-refractivity contribution is 7.99. The van der Waals surface area contributed by atoms with Crippen molar-refractivity contribution in [3.63, 3.8) is 0 Å². The van der Waals surface area contributed by atoms with Gasteiger partial charge in [0.1, 0.15) is 18.0 Å². The maximum absolute atomic E-state index is 13.1. The van der Waals surface area contributed by atoms with Crippen LogP contribution in [0.15, 0.2) is 23.4 Å². The third-order valence-electron chi connectivity index (χ3n) is 4.30. The third-order valence-corrected chi connectivity index (χ3v) is 5.26. The molecule has 0 radical (unpaired) electrons. The number of halogens is 3. The average molecular weight is 461 g/mol. The van der Waals surface area contributed by atoms with Crippen LogP contribution >= 0.6 is 11.8 Å². The van der Waals surface area contributed by atoms with Crippen LogP contribution in [-0.2, 0) is 16.1 Å². The number of aromatic nitrogens is 3. The Morgan fingerprint density at radius 1 is 1.16 bits per heavy atom. The molecule has 3 rings (SSSR count). The van der Waals surface area contributed by atoms with Crippen LogP contribution in [-0.4, -0.2) is 73.1 Å². The molecule has 1 fully saturated rings. The Bertz CT molecular complexity index is 881. The van der Waals surface area contributed by atoms with Gasteiger partial charge in [0.25, 0.3) is 0 Å². The second-order valence-corrected chi connectivity index (χ2v) is 7.46. The van der Waals surface area contributed by atoms with E-state index in [0.717, 1.165) is 16.3 Å². The van der Waals surface area contributed by atoms with Crippen molar-refractivity contribution in [3.05, 3.63) is 18.2 Å². The minimum atomic E-state index is -4.46. The average Bonchev–Trinajstić information content (AvgIpc) is 3.13. The van der Waals surface area contributed by atoms with Gasteiger partial charge in [0.05, 0.1) is 33.2 Å². The summed E-state index contributed by atoms with van der Waals surface area (Å²) < 4.78 is 56.0. The zero-order valence-corrected chi connectivity index (χ0v) is 17.8. The fourth-order valence-corrected chi connectivity index (χ4v) is 3.64. The molecule has 0 bridgehead atoms. The van der Waals surface area contributed by atoms with Crippen LogP contribution in [0.2, 0.25) is 0 Å². The molecule has 170 valence electrons. The van der Waals surface area contributed by atoms with E-state index >= 15 is 0 Å². The molecule has 1 aliphatic rings. The quantitative estimate of drug-likeness (QED) is 0.600. The van der Waals surface area contributed by atoms with Crippen LogP contribution in [0.5, 0.6) is 11.5 Å². The van der Waals surface area contributed by atoms with Gasteiger partial charge in [-0.25, -0.2) is 0 Å². The summed E-state index contributed by atoms with van der Waals surface area (Å²) in [5.74, 6) is 0.513. The Balaban J connectivity index is 1.70. The molecule has 1 aliphatic heterocycles. The zero-order valence-electron chi connectivity index (χ0n) is 16.9. The van der Waals surface area contributed by atoms with Gasteiger partial charge in [0, 0.05) is 37.0 Å². The van der Waals surface area contributed by atoms with Crippen molar-refractivity contribution in [1.29, 1.82) is 0 Å². The smallest absolute Gasteiger partial charge is 0.406 e. The van der Waals surface area contributed by atoms with Crippen molar-refractivity contribution < 1.29 is 32.2 Å².